The van der Waals surface area contributed by atoms with E-state index < -0.39 is 12.1 Å². The second kappa shape index (κ2) is 10.7. The Kier molecular flexibility index (Phi) is 8.27. The Balaban J connectivity index is 1.93. The number of thioether (sulfide) groups is 1. The number of nitrogens with zero attached hydrogens (tertiary/aromatic N) is 3. The Morgan fingerprint density at radius 3 is 2.57 bits per heavy atom. The molecule has 0 saturated heterocycles. The molecule has 9 nitrogen and oxygen atoms in total. The highest BCUT2D eigenvalue weighted by atomic mass is 32.2. The van der Waals surface area contributed by atoms with Gasteiger partial charge in [-0.2, -0.15) is 0 Å². The van der Waals surface area contributed by atoms with E-state index in [1.165, 1.54) is 18.7 Å². The first-order valence-corrected chi connectivity index (χ1v) is 9.60. The maximum Gasteiger partial charge on any atom is 0.317 e. The molecule has 0 bridgehead atoms. The van der Waals surface area contributed by atoms with Gasteiger partial charge >= 0.3 is 5.97 Å². The van der Waals surface area contributed by atoms with Crippen molar-refractivity contribution in [2.75, 3.05) is 33.1 Å². The Morgan fingerprint density at radius 2 is 1.93 bits per heavy atom. The molecule has 1 aromatic carbocycles. The second-order valence-corrected chi connectivity index (χ2v) is 6.71. The molecule has 0 saturated carbocycles. The Bertz CT molecular complexity index is 794. The third-order valence-corrected chi connectivity index (χ3v) is 4.63. The number of nitrogens with one attached hydrogen (secondary N) is 1. The molecule has 1 atom stereocenters. The quantitative estimate of drug-likeness (QED) is 0.357. The lowest BCUT2D eigenvalue weighted by Gasteiger charge is -2.13. The van der Waals surface area contributed by atoms with Gasteiger partial charge in [0, 0.05) is 19.3 Å². The minimum atomic E-state index is -0.883. The summed E-state index contributed by atoms with van der Waals surface area (Å²) in [5.74, 6) is 0.551. The van der Waals surface area contributed by atoms with E-state index >= 15 is 0 Å². The van der Waals surface area contributed by atoms with Gasteiger partial charge in [0.15, 0.2) is 11.3 Å². The molecule has 28 heavy (non-hydrogen) atoms. The van der Waals surface area contributed by atoms with Crippen LogP contribution in [0.5, 0.6) is 5.75 Å². The van der Waals surface area contributed by atoms with Crippen molar-refractivity contribution >= 4 is 23.6 Å². The molecule has 2 rings (SSSR count). The summed E-state index contributed by atoms with van der Waals surface area (Å²) in [7, 11) is 3.14. The summed E-state index contributed by atoms with van der Waals surface area (Å²) in [4.78, 5) is 23.9. The molecular weight excluding hydrogens is 384 g/mol. The number of carbonyl (C=O) groups is 2. The number of carbonyl (C=O) groups excluding carboxylic acids is 2. The number of aryl methyl sites for hydroxylation is 1. The smallest absolute Gasteiger partial charge is 0.317 e. The summed E-state index contributed by atoms with van der Waals surface area (Å²) >= 11 is 1.19. The molecule has 0 spiro atoms. The lowest BCUT2D eigenvalue weighted by molar-refractivity contribution is -0.152. The molecular formula is C18H24N4O5S. The Labute approximate surface area is 167 Å². The number of aromatic nitrogens is 3. The molecule has 0 radical (unpaired) electrons. The normalized spacial score (nSPS) is 11.7. The molecule has 0 fully saturated rings. The minimum Gasteiger partial charge on any atom is -0.497 e. The van der Waals surface area contributed by atoms with Crippen LogP contribution in [-0.2, 0) is 19.1 Å². The van der Waals surface area contributed by atoms with Crippen molar-refractivity contribution in [3.63, 3.8) is 0 Å². The predicted molar refractivity (Wildman–Crippen MR) is 104 cm³/mol. The number of rotatable bonds is 10. The lowest BCUT2D eigenvalue weighted by atomic mass is 10.3. The van der Waals surface area contributed by atoms with E-state index in [2.05, 4.69) is 15.5 Å². The molecule has 0 aliphatic carbocycles. The van der Waals surface area contributed by atoms with Crippen LogP contribution in [0, 0.1) is 6.92 Å². The summed E-state index contributed by atoms with van der Waals surface area (Å²) in [5.41, 5.74) is 0.852. The van der Waals surface area contributed by atoms with E-state index in [9.17, 15) is 9.59 Å². The number of amides is 1. The standard InChI is InChI=1S/C18H24N4O5S/c1-12(17(24)19-9-10-25-3)27-16(23)11-28-18-21-20-13(2)22(18)14-5-7-15(26-4)8-6-14/h5-8,12H,9-11H2,1-4H3,(H,19,24)/t12-/m0/s1. The summed E-state index contributed by atoms with van der Waals surface area (Å²) in [6, 6.07) is 7.43. The molecule has 0 aliphatic rings. The van der Waals surface area contributed by atoms with Gasteiger partial charge in [-0.25, -0.2) is 0 Å². The topological polar surface area (TPSA) is 105 Å². The van der Waals surface area contributed by atoms with Crippen molar-refractivity contribution in [3.8, 4) is 11.4 Å². The number of hydrogen-bond acceptors (Lipinski definition) is 8. The Morgan fingerprint density at radius 1 is 1.21 bits per heavy atom. The number of benzene rings is 1. The summed E-state index contributed by atoms with van der Waals surface area (Å²) in [5, 5.41) is 11.4. The molecule has 1 amide bonds. The average molecular weight is 408 g/mol. The Hall–Kier alpha value is -2.59. The highest BCUT2D eigenvalue weighted by Crippen LogP contribution is 2.23. The third kappa shape index (κ3) is 5.96. The molecule has 1 N–H and O–H groups in total. The van der Waals surface area contributed by atoms with Crippen LogP contribution >= 0.6 is 11.8 Å². The van der Waals surface area contributed by atoms with Crippen molar-refractivity contribution in [2.45, 2.75) is 25.1 Å². The van der Waals surface area contributed by atoms with Crippen LogP contribution in [0.2, 0.25) is 0 Å². The third-order valence-electron chi connectivity index (χ3n) is 3.73. The van der Waals surface area contributed by atoms with E-state index in [1.54, 1.807) is 14.2 Å². The predicted octanol–water partition coefficient (Wildman–Crippen LogP) is 1.37. The monoisotopic (exact) mass is 408 g/mol. The number of methoxy groups -OCH3 is 2. The van der Waals surface area contributed by atoms with Crippen LogP contribution in [0.1, 0.15) is 12.7 Å². The first-order chi connectivity index (χ1) is 13.5. The maximum atomic E-state index is 12.1. The summed E-state index contributed by atoms with van der Waals surface area (Å²) in [6.45, 7) is 4.10. The van der Waals surface area contributed by atoms with Gasteiger partial charge in [0.2, 0.25) is 0 Å². The van der Waals surface area contributed by atoms with Crippen LogP contribution in [-0.4, -0.2) is 65.9 Å². The highest BCUT2D eigenvalue weighted by molar-refractivity contribution is 7.99. The fourth-order valence-corrected chi connectivity index (χ4v) is 3.07. The van der Waals surface area contributed by atoms with Crippen molar-refractivity contribution in [3.05, 3.63) is 30.1 Å². The zero-order valence-electron chi connectivity index (χ0n) is 16.3. The van der Waals surface area contributed by atoms with Crippen LogP contribution < -0.4 is 10.1 Å². The van der Waals surface area contributed by atoms with Crippen molar-refractivity contribution in [1.82, 2.24) is 20.1 Å². The van der Waals surface area contributed by atoms with Gasteiger partial charge in [-0.05, 0) is 38.1 Å². The fourth-order valence-electron chi connectivity index (χ4n) is 2.29. The summed E-state index contributed by atoms with van der Waals surface area (Å²) < 4.78 is 17.0. The van der Waals surface area contributed by atoms with Gasteiger partial charge < -0.3 is 19.5 Å². The molecule has 1 heterocycles. The fraction of sp³-hybridized carbons (Fsp3) is 0.444. The molecule has 2 aromatic rings. The first-order valence-electron chi connectivity index (χ1n) is 8.61. The molecule has 1 aromatic heterocycles. The maximum absolute atomic E-state index is 12.1. The van der Waals surface area contributed by atoms with Gasteiger partial charge in [0.25, 0.3) is 5.91 Å². The van der Waals surface area contributed by atoms with E-state index in [1.807, 2.05) is 35.8 Å². The largest absolute Gasteiger partial charge is 0.497 e. The first kappa shape index (κ1) is 21.7. The number of hydrogen-bond donors (Lipinski definition) is 1. The van der Waals surface area contributed by atoms with E-state index in [-0.39, 0.29) is 11.7 Å². The van der Waals surface area contributed by atoms with E-state index in [0.717, 1.165) is 11.4 Å². The van der Waals surface area contributed by atoms with Crippen LogP contribution in [0.15, 0.2) is 29.4 Å². The van der Waals surface area contributed by atoms with Gasteiger partial charge in [-0.3, -0.25) is 14.2 Å². The van der Waals surface area contributed by atoms with Gasteiger partial charge in [-0.15, -0.1) is 10.2 Å². The molecule has 10 heteroatoms. The molecule has 0 unspecified atom stereocenters. The summed E-state index contributed by atoms with van der Waals surface area (Å²) in [6.07, 6.45) is -0.883. The number of ether oxygens (including phenoxy) is 3. The highest BCUT2D eigenvalue weighted by Gasteiger charge is 2.19. The minimum absolute atomic E-state index is 0.00395. The van der Waals surface area contributed by atoms with Gasteiger partial charge in [0.1, 0.15) is 11.6 Å². The van der Waals surface area contributed by atoms with Crippen molar-refractivity contribution in [2.24, 2.45) is 0 Å². The van der Waals surface area contributed by atoms with Crippen molar-refractivity contribution < 1.29 is 23.8 Å². The molecule has 152 valence electrons. The van der Waals surface area contributed by atoms with Crippen molar-refractivity contribution in [1.29, 1.82) is 0 Å². The molecule has 0 aliphatic heterocycles. The van der Waals surface area contributed by atoms with Gasteiger partial charge in [-0.1, -0.05) is 11.8 Å². The lowest BCUT2D eigenvalue weighted by Crippen LogP contribution is -2.37. The number of esters is 1. The van der Waals surface area contributed by atoms with Crippen LogP contribution in [0.25, 0.3) is 5.69 Å². The van der Waals surface area contributed by atoms with Gasteiger partial charge in [0.05, 0.1) is 19.5 Å². The van der Waals surface area contributed by atoms with E-state index in [0.29, 0.717) is 24.1 Å². The zero-order chi connectivity index (χ0) is 20.5. The van der Waals surface area contributed by atoms with Crippen LogP contribution in [0.4, 0.5) is 0 Å². The zero-order valence-corrected chi connectivity index (χ0v) is 17.1. The van der Waals surface area contributed by atoms with E-state index in [4.69, 9.17) is 14.2 Å². The average Bonchev–Trinajstić information content (AvgIpc) is 3.07. The second-order valence-electron chi connectivity index (χ2n) is 5.77. The van der Waals surface area contributed by atoms with Crippen LogP contribution in [0.3, 0.4) is 0 Å². The SMILES string of the molecule is COCCNC(=O)[C@H](C)OC(=O)CSc1nnc(C)n1-c1ccc(OC)cc1.